The van der Waals surface area contributed by atoms with Crippen molar-refractivity contribution in [3.63, 3.8) is 0 Å². The number of oxime groups is 1. The Morgan fingerprint density at radius 2 is 1.42 bits per heavy atom. The summed E-state index contributed by atoms with van der Waals surface area (Å²) in [6.07, 6.45) is -1.90. The molecule has 25 nitrogen and oxygen atoms in total. The van der Waals surface area contributed by atoms with Crippen molar-refractivity contribution in [3.05, 3.63) is 35.5 Å². The van der Waals surface area contributed by atoms with Crippen LogP contribution in [-0.2, 0) is 66.4 Å². The van der Waals surface area contributed by atoms with E-state index in [1.54, 1.807) is 101 Å². The second kappa shape index (κ2) is 22.0. The van der Waals surface area contributed by atoms with Crippen molar-refractivity contribution in [2.24, 2.45) is 18.1 Å². The van der Waals surface area contributed by atoms with E-state index in [9.17, 15) is 41.7 Å². The molecule has 0 bridgehead atoms. The first-order valence-corrected chi connectivity index (χ1v) is 24.4. The van der Waals surface area contributed by atoms with Gasteiger partial charge in [0.25, 0.3) is 17.9 Å². The summed E-state index contributed by atoms with van der Waals surface area (Å²) in [5.41, 5.74) is -4.88. The van der Waals surface area contributed by atoms with Crippen LogP contribution in [0.15, 0.2) is 34.9 Å². The van der Waals surface area contributed by atoms with Gasteiger partial charge in [-0.2, -0.15) is 18.2 Å². The summed E-state index contributed by atoms with van der Waals surface area (Å²) in [7, 11) is -3.29. The Hall–Kier alpha value is -6.32. The fraction of sp³-hybridized carbons (Fsp3) is 0.614. The summed E-state index contributed by atoms with van der Waals surface area (Å²) in [5, 5.41) is 16.8. The monoisotopic (exact) mass is 1040 g/mol. The van der Waals surface area contributed by atoms with Crippen molar-refractivity contribution < 1.29 is 79.2 Å². The molecule has 1 fully saturated rings. The fourth-order valence-corrected chi connectivity index (χ4v) is 7.52. The highest BCUT2D eigenvalue weighted by molar-refractivity contribution is 7.80. The molecule has 3 aromatic rings. The molecule has 2 aromatic heterocycles. The van der Waals surface area contributed by atoms with E-state index < -0.39 is 98.9 Å². The second-order valence-electron chi connectivity index (χ2n) is 20.9. The summed E-state index contributed by atoms with van der Waals surface area (Å²) in [4.78, 5) is 88.3. The van der Waals surface area contributed by atoms with Crippen LogP contribution in [0, 0.1) is 5.92 Å². The molecule has 2 atom stereocenters. The van der Waals surface area contributed by atoms with Crippen molar-refractivity contribution in [2.75, 3.05) is 25.0 Å². The molecule has 5 amide bonds. The van der Waals surface area contributed by atoms with E-state index in [4.69, 9.17) is 28.5 Å². The zero-order valence-electron chi connectivity index (χ0n) is 42.6. The van der Waals surface area contributed by atoms with Crippen molar-refractivity contribution in [2.45, 2.75) is 144 Å². The molecule has 3 heterocycles. The molecule has 71 heavy (non-hydrogen) atoms. The van der Waals surface area contributed by atoms with Crippen molar-refractivity contribution in [1.29, 1.82) is 0 Å². The number of alkyl carbamates (subject to hydrolysis) is 2. The van der Waals surface area contributed by atoms with Gasteiger partial charge >= 0.3 is 34.6 Å². The Bertz CT molecular complexity index is 2570. The average molecular weight is 1040 g/mol. The van der Waals surface area contributed by atoms with Gasteiger partial charge < -0.3 is 44.5 Å². The molecule has 0 saturated carbocycles. The van der Waals surface area contributed by atoms with E-state index in [0.29, 0.717) is 17.0 Å². The Morgan fingerprint density at radius 1 is 0.873 bits per heavy atom. The van der Waals surface area contributed by atoms with Crippen LogP contribution in [0.5, 0.6) is 5.75 Å². The van der Waals surface area contributed by atoms with Crippen LogP contribution in [0.3, 0.4) is 0 Å². The molecular weight excluding hydrogens is 975 g/mol. The smallest absolute Gasteiger partial charge is 0.418 e. The number of carbonyl (C=O) groups excluding carboxylic acids is 6. The van der Waals surface area contributed by atoms with Crippen LogP contribution in [0.1, 0.15) is 103 Å². The Balaban J connectivity index is 1.62. The lowest BCUT2D eigenvalue weighted by Crippen LogP contribution is -2.76. The predicted molar refractivity (Wildman–Crippen MR) is 255 cm³/mol. The molecule has 1 aliphatic heterocycles. The number of β-lactam (4-membered cyclic amide) rings is 1. The molecule has 4 rings (SSSR count). The molecule has 1 aliphatic rings. The topological polar surface area (TPSA) is 307 Å². The maximum atomic E-state index is 14.0. The molecule has 0 aliphatic carbocycles. The molecular formula is C44H66N9O16S2+. The van der Waals surface area contributed by atoms with Gasteiger partial charge in [-0.3, -0.25) is 19.5 Å². The molecule has 5 N–H and O–H groups in total. The van der Waals surface area contributed by atoms with Gasteiger partial charge in [-0.1, -0.05) is 5.16 Å². The number of hydroxylamine groups is 2. The highest BCUT2D eigenvalue weighted by Crippen LogP contribution is 2.33. The van der Waals surface area contributed by atoms with Gasteiger partial charge in [-0.05, 0) is 109 Å². The number of esters is 1. The predicted octanol–water partition coefficient (Wildman–Crippen LogP) is 4.28. The number of thiazole rings is 1. The van der Waals surface area contributed by atoms with E-state index in [-0.39, 0.29) is 35.6 Å². The molecule has 1 saturated heterocycles. The first-order chi connectivity index (χ1) is 32.4. The summed E-state index contributed by atoms with van der Waals surface area (Å²) < 4.78 is 68.0. The van der Waals surface area contributed by atoms with Crippen LogP contribution < -0.4 is 30.7 Å². The molecule has 1 aromatic carbocycles. The lowest BCUT2D eigenvalue weighted by molar-refractivity contribution is -0.731. The van der Waals surface area contributed by atoms with E-state index >= 15 is 0 Å². The number of hydrogen-bond acceptors (Lipinski definition) is 18. The molecule has 0 spiro atoms. The summed E-state index contributed by atoms with van der Waals surface area (Å²) in [6, 6.07) is 3.70. The van der Waals surface area contributed by atoms with Gasteiger partial charge in [0.15, 0.2) is 17.9 Å². The van der Waals surface area contributed by atoms with Crippen LogP contribution >= 0.6 is 11.3 Å². The minimum absolute atomic E-state index is 0.0300. The summed E-state index contributed by atoms with van der Waals surface area (Å²) >= 11 is 0.876. The van der Waals surface area contributed by atoms with E-state index in [1.165, 1.54) is 19.2 Å². The number of rotatable bonds is 18. The first-order valence-electron chi connectivity index (χ1n) is 22.2. The van der Waals surface area contributed by atoms with Gasteiger partial charge in [0.2, 0.25) is 5.52 Å². The fourth-order valence-electron chi connectivity index (χ4n) is 6.38. The standard InChI is InChI=1S/C44H65N9O16S2/c1-40(2,3)64-35(56)30(68-50-31(28-24-70-36(47-28)49-39(59)67-43(10,11)12)33(54)48-32-34(55)53(44(32,13)14)69-71(60,61)62)23-63-27-16-17-29-26(18-27)22-52(51(29)15)21-25(19-45-37(57)65-41(4,5)6)20-46-38(58)66-42(7,8)9/h16-18,22,24-25,30,32H,19-21,23H2,1-15H3,(H4-,45,46,47,48,49,54,57,58,59,60,61,62)/p+1/b50-31-. The normalized spacial score (nSPS) is 15.8. The van der Waals surface area contributed by atoms with E-state index in [2.05, 4.69) is 35.7 Å². The number of nitrogens with one attached hydrogen (secondary N) is 4. The van der Waals surface area contributed by atoms with Crippen LogP contribution in [0.2, 0.25) is 0 Å². The lowest BCUT2D eigenvalue weighted by atomic mass is 9.84. The van der Waals surface area contributed by atoms with Gasteiger partial charge in [0.1, 0.15) is 46.5 Å². The summed E-state index contributed by atoms with van der Waals surface area (Å²) in [5.74, 6) is -3.14. The Kier molecular flexibility index (Phi) is 17.7. The van der Waals surface area contributed by atoms with Gasteiger partial charge in [0.05, 0.1) is 23.7 Å². The molecule has 27 heteroatoms. The maximum absolute atomic E-state index is 14.0. The largest absolute Gasteiger partial charge is 0.489 e. The summed E-state index contributed by atoms with van der Waals surface area (Å²) in [6.45, 7) is 23.1. The lowest BCUT2D eigenvalue weighted by Gasteiger charge is -2.50. The number of amides is 5. The number of aryl methyl sites for hydroxylation is 1. The third-order valence-corrected chi connectivity index (χ3v) is 10.5. The van der Waals surface area contributed by atoms with Gasteiger partial charge in [-0.25, -0.2) is 24.2 Å². The van der Waals surface area contributed by atoms with E-state index in [1.807, 2.05) is 22.6 Å². The molecule has 2 unspecified atom stereocenters. The average Bonchev–Trinajstić information content (AvgIpc) is 3.77. The minimum Gasteiger partial charge on any atom is -0.489 e. The van der Waals surface area contributed by atoms with Crippen molar-refractivity contribution in [3.8, 4) is 5.75 Å². The van der Waals surface area contributed by atoms with Crippen LogP contribution in [0.25, 0.3) is 10.9 Å². The van der Waals surface area contributed by atoms with Crippen LogP contribution in [-0.4, -0.2) is 129 Å². The molecule has 394 valence electrons. The van der Waals surface area contributed by atoms with Crippen LogP contribution in [0.4, 0.5) is 19.5 Å². The number of hydrogen-bond donors (Lipinski definition) is 5. The van der Waals surface area contributed by atoms with Gasteiger partial charge in [0, 0.05) is 30.5 Å². The number of aromatic nitrogens is 3. The minimum atomic E-state index is -5.11. The number of nitrogens with zero attached hydrogens (tertiary/aromatic N) is 5. The zero-order valence-corrected chi connectivity index (χ0v) is 44.2. The SMILES string of the molecule is C[n+]1c2ccc(OCC(O/N=C(\C(=O)NC3C(=O)N(OS(=O)(=O)O)C3(C)C)c3csc(NC(=O)OC(C)(C)C)n3)C(=O)OC(C)(C)C)cc2cn1CC(CNC(=O)OC(C)(C)C)CNC(=O)OC(C)(C)C. The van der Waals surface area contributed by atoms with Crippen molar-refractivity contribution in [1.82, 2.24) is 30.7 Å². The van der Waals surface area contributed by atoms with E-state index in [0.717, 1.165) is 16.9 Å². The highest BCUT2D eigenvalue weighted by Gasteiger charge is 2.58. The number of ether oxygens (including phenoxy) is 5. The molecule has 0 radical (unpaired) electrons. The highest BCUT2D eigenvalue weighted by atomic mass is 32.3. The second-order valence-corrected chi connectivity index (χ2v) is 22.7. The number of benzene rings is 1. The number of anilines is 1. The first kappa shape index (κ1) is 57.3. The number of fused-ring (bicyclic) bond motifs is 1. The maximum Gasteiger partial charge on any atom is 0.418 e. The third kappa shape index (κ3) is 17.8. The Labute approximate surface area is 416 Å². The quantitative estimate of drug-likeness (QED) is 0.0226. The van der Waals surface area contributed by atoms with Crippen molar-refractivity contribution >= 4 is 79.5 Å². The Morgan fingerprint density at radius 3 is 1.94 bits per heavy atom. The number of carbonyl (C=O) groups is 6. The third-order valence-electron chi connectivity index (χ3n) is 9.37. The zero-order chi connectivity index (χ0) is 53.7. The van der Waals surface area contributed by atoms with Gasteiger partial charge in [-0.15, -0.1) is 20.3 Å².